The summed E-state index contributed by atoms with van der Waals surface area (Å²) in [6.07, 6.45) is 2.77. The molecule has 0 atom stereocenters. The second-order valence-electron chi connectivity index (χ2n) is 9.69. The van der Waals surface area contributed by atoms with E-state index < -0.39 is 24.8 Å². The maximum absolute atomic E-state index is 13.6. The van der Waals surface area contributed by atoms with Crippen LogP contribution in [0.1, 0.15) is 67.7 Å². The first-order valence-electron chi connectivity index (χ1n) is 13.5. The number of H-pyrrole nitrogens is 1. The highest BCUT2D eigenvalue weighted by Crippen LogP contribution is 2.31. The molecule has 0 unspecified atom stereocenters. The number of imide groups is 1. The molecule has 1 heterocycles. The number of aliphatic imine (C=N–C) groups is 2. The lowest BCUT2D eigenvalue weighted by Crippen LogP contribution is -2.39. The van der Waals surface area contributed by atoms with Crippen molar-refractivity contribution in [3.8, 4) is 5.75 Å². The van der Waals surface area contributed by atoms with E-state index in [1.807, 2.05) is 13.8 Å². The molecule has 224 valence electrons. The number of benzene rings is 2. The Morgan fingerprint density at radius 3 is 2.44 bits per heavy atom. The summed E-state index contributed by atoms with van der Waals surface area (Å²) >= 11 is 0. The summed E-state index contributed by atoms with van der Waals surface area (Å²) < 4.78 is 10.1. The first kappa shape index (κ1) is 30.5. The van der Waals surface area contributed by atoms with E-state index in [-0.39, 0.29) is 34.7 Å². The molecule has 13 heteroatoms. The first-order valence-corrected chi connectivity index (χ1v) is 13.5. The Morgan fingerprint density at radius 1 is 1.09 bits per heavy atom. The van der Waals surface area contributed by atoms with Gasteiger partial charge in [0.05, 0.1) is 28.8 Å². The van der Waals surface area contributed by atoms with E-state index in [9.17, 15) is 24.3 Å². The molecule has 1 fully saturated rings. The Morgan fingerprint density at radius 2 is 1.79 bits per heavy atom. The van der Waals surface area contributed by atoms with Crippen molar-refractivity contribution < 1.29 is 33.8 Å². The highest BCUT2D eigenvalue weighted by molar-refractivity contribution is 6.09. The lowest BCUT2D eigenvalue weighted by Gasteiger charge is -2.20. The maximum Gasteiger partial charge on any atom is 0.419 e. The number of carbonyl (C=O) groups excluding carboxylic acids is 4. The number of amides is 3. The van der Waals surface area contributed by atoms with E-state index in [0.29, 0.717) is 41.9 Å². The molecule has 0 bridgehead atoms. The van der Waals surface area contributed by atoms with Crippen LogP contribution in [0.2, 0.25) is 0 Å². The fourth-order valence-electron chi connectivity index (χ4n) is 4.16. The minimum atomic E-state index is -0.958. The predicted molar refractivity (Wildman–Crippen MR) is 158 cm³/mol. The molecule has 43 heavy (non-hydrogen) atoms. The number of nitrogens with two attached hydrogens (primary N) is 1. The van der Waals surface area contributed by atoms with Crippen molar-refractivity contribution in [3.63, 3.8) is 0 Å². The molecule has 1 aromatic heterocycles. The quantitative estimate of drug-likeness (QED) is 0.126. The normalized spacial score (nSPS) is 13.0. The van der Waals surface area contributed by atoms with E-state index in [1.54, 1.807) is 25.1 Å². The first-order chi connectivity index (χ1) is 20.6. The van der Waals surface area contributed by atoms with Crippen molar-refractivity contribution in [2.45, 2.75) is 39.7 Å². The number of ether oxygens (including phenoxy) is 2. The summed E-state index contributed by atoms with van der Waals surface area (Å²) in [6.45, 7) is 5.10. The Hall–Kier alpha value is -5.46. The van der Waals surface area contributed by atoms with Gasteiger partial charge in [0, 0.05) is 24.3 Å². The van der Waals surface area contributed by atoms with Gasteiger partial charge in [-0.25, -0.2) is 24.5 Å². The average Bonchev–Trinajstić information content (AvgIpc) is 3.74. The van der Waals surface area contributed by atoms with Crippen LogP contribution >= 0.6 is 0 Å². The highest BCUT2D eigenvalue weighted by atomic mass is 16.7. The number of nitrogens with zero attached hydrogens (tertiary/aromatic N) is 3. The number of nitrogens with one attached hydrogen (secondary N) is 2. The van der Waals surface area contributed by atoms with Crippen molar-refractivity contribution in [1.29, 1.82) is 0 Å². The molecule has 2 aromatic carbocycles. The number of carbonyl (C=O) groups is 4. The number of hydrogen-bond acceptors (Lipinski definition) is 8. The van der Waals surface area contributed by atoms with Gasteiger partial charge >= 0.3 is 12.1 Å². The standard InChI is InChI=1S/C30H32N6O7/c1-4-32-27(38)20-6-5-17(2)24(13-20)35-26(34-15-31)25-18(3)23(14-33-25)28(39)36(21-9-10-21)30(41)43-16-42-29(40)19-7-11-22(37)12-8-19/h5-8,11-15,21,33,37H,4,9-10,16H2,1-3H3,(H,32,38)(H2,31,34,35). The van der Waals surface area contributed by atoms with Crippen LogP contribution in [0.25, 0.3) is 0 Å². The number of aromatic amines is 1. The molecular weight excluding hydrogens is 556 g/mol. The lowest BCUT2D eigenvalue weighted by atomic mass is 10.1. The summed E-state index contributed by atoms with van der Waals surface area (Å²) in [5.41, 5.74) is 8.49. The van der Waals surface area contributed by atoms with E-state index in [4.69, 9.17) is 15.2 Å². The van der Waals surface area contributed by atoms with Crippen molar-refractivity contribution in [2.24, 2.45) is 15.7 Å². The predicted octanol–water partition coefficient (Wildman–Crippen LogP) is 3.71. The molecule has 3 amide bonds. The monoisotopic (exact) mass is 588 g/mol. The van der Waals surface area contributed by atoms with Crippen LogP contribution in [0.3, 0.4) is 0 Å². The fourth-order valence-corrected chi connectivity index (χ4v) is 4.16. The Kier molecular flexibility index (Phi) is 9.55. The van der Waals surface area contributed by atoms with Gasteiger partial charge in [0.25, 0.3) is 11.8 Å². The number of aryl methyl sites for hydroxylation is 1. The van der Waals surface area contributed by atoms with Crippen LogP contribution in [0.5, 0.6) is 5.75 Å². The van der Waals surface area contributed by atoms with E-state index >= 15 is 0 Å². The number of aromatic nitrogens is 1. The number of hydrogen-bond donors (Lipinski definition) is 4. The summed E-state index contributed by atoms with van der Waals surface area (Å²) in [5.74, 6) is -1.46. The van der Waals surface area contributed by atoms with Gasteiger partial charge in [0.2, 0.25) is 6.79 Å². The van der Waals surface area contributed by atoms with Crippen molar-refractivity contribution in [2.75, 3.05) is 13.3 Å². The molecule has 3 aromatic rings. The van der Waals surface area contributed by atoms with Gasteiger partial charge in [-0.3, -0.25) is 9.59 Å². The van der Waals surface area contributed by atoms with Crippen LogP contribution in [0, 0.1) is 13.8 Å². The molecule has 1 saturated carbocycles. The Bertz CT molecular complexity index is 1590. The number of aromatic hydroxyl groups is 1. The van der Waals surface area contributed by atoms with Crippen LogP contribution in [-0.2, 0) is 9.47 Å². The van der Waals surface area contributed by atoms with Gasteiger partial charge in [-0.1, -0.05) is 6.07 Å². The Balaban J connectivity index is 1.52. The highest BCUT2D eigenvalue weighted by Gasteiger charge is 2.40. The second kappa shape index (κ2) is 13.5. The number of phenolic OH excluding ortho intramolecular Hbond substituents is 1. The molecule has 1 aliphatic rings. The average molecular weight is 589 g/mol. The third-order valence-corrected chi connectivity index (χ3v) is 6.63. The zero-order valence-corrected chi connectivity index (χ0v) is 23.9. The van der Waals surface area contributed by atoms with Crippen LogP contribution in [0.15, 0.2) is 58.6 Å². The number of esters is 1. The summed E-state index contributed by atoms with van der Waals surface area (Å²) in [5, 5.41) is 12.1. The molecule has 0 aliphatic heterocycles. The minimum Gasteiger partial charge on any atom is -0.508 e. The van der Waals surface area contributed by atoms with Gasteiger partial charge in [-0.15, -0.1) is 0 Å². The van der Waals surface area contributed by atoms with Gasteiger partial charge in [-0.05, 0) is 81.1 Å². The molecule has 0 spiro atoms. The number of rotatable bonds is 9. The molecule has 1 aliphatic carbocycles. The van der Waals surface area contributed by atoms with E-state index in [1.165, 1.54) is 30.5 Å². The molecule has 13 nitrogen and oxygen atoms in total. The van der Waals surface area contributed by atoms with Crippen LogP contribution in [0.4, 0.5) is 10.5 Å². The topological polar surface area (TPSA) is 189 Å². The fraction of sp³-hybridized carbons (Fsp3) is 0.267. The van der Waals surface area contributed by atoms with Crippen LogP contribution in [-0.4, -0.2) is 70.4 Å². The van der Waals surface area contributed by atoms with Gasteiger partial charge < -0.3 is 30.6 Å². The van der Waals surface area contributed by atoms with Crippen molar-refractivity contribution in [3.05, 3.63) is 82.2 Å². The van der Waals surface area contributed by atoms with Crippen molar-refractivity contribution >= 4 is 41.7 Å². The number of amidine groups is 1. The molecular formula is C30H32N6O7. The Labute approximate surface area is 247 Å². The molecule has 0 radical (unpaired) electrons. The third-order valence-electron chi connectivity index (χ3n) is 6.63. The second-order valence-corrected chi connectivity index (χ2v) is 9.69. The van der Waals surface area contributed by atoms with Crippen molar-refractivity contribution in [1.82, 2.24) is 15.2 Å². The smallest absolute Gasteiger partial charge is 0.419 e. The lowest BCUT2D eigenvalue weighted by molar-refractivity contribution is -0.0110. The molecule has 4 rings (SSSR count). The van der Waals surface area contributed by atoms with Crippen LogP contribution < -0.4 is 11.1 Å². The minimum absolute atomic E-state index is 0.0150. The van der Waals surface area contributed by atoms with Gasteiger partial charge in [-0.2, -0.15) is 0 Å². The largest absolute Gasteiger partial charge is 0.508 e. The van der Waals surface area contributed by atoms with Gasteiger partial charge in [0.1, 0.15) is 5.75 Å². The van der Waals surface area contributed by atoms with E-state index in [2.05, 4.69) is 20.3 Å². The maximum atomic E-state index is 13.6. The summed E-state index contributed by atoms with van der Waals surface area (Å²) in [6, 6.07) is 10.1. The zero-order chi connectivity index (χ0) is 31.1. The molecule has 0 saturated heterocycles. The SMILES string of the molecule is CCNC(=O)c1ccc(C)c(N=C(N=CN)c2[nH]cc(C(=O)N(C(=O)OCOC(=O)c3ccc(O)cc3)C3CC3)c2C)c1. The van der Waals surface area contributed by atoms with Gasteiger partial charge in [0.15, 0.2) is 5.84 Å². The molecule has 5 N–H and O–H groups in total. The zero-order valence-electron chi connectivity index (χ0n) is 23.9. The number of phenols is 1. The van der Waals surface area contributed by atoms with E-state index in [0.717, 1.165) is 16.8 Å². The summed E-state index contributed by atoms with van der Waals surface area (Å²) in [7, 11) is 0. The third kappa shape index (κ3) is 7.25. The summed E-state index contributed by atoms with van der Waals surface area (Å²) in [4.78, 5) is 63.8.